The number of benzene rings is 2. The lowest BCUT2D eigenvalue weighted by Crippen LogP contribution is -2.40. The number of rotatable bonds is 4. The van der Waals surface area contributed by atoms with Gasteiger partial charge in [0, 0.05) is 5.56 Å². The van der Waals surface area contributed by atoms with Gasteiger partial charge in [0.15, 0.2) is 0 Å². The van der Waals surface area contributed by atoms with E-state index in [9.17, 15) is 15.0 Å². The molecule has 2 aromatic rings. The summed E-state index contributed by atoms with van der Waals surface area (Å²) in [6, 6.07) is 10.6. The molecule has 0 heterocycles. The first-order valence-electron chi connectivity index (χ1n) is 9.40. The van der Waals surface area contributed by atoms with Crippen LogP contribution < -0.4 is 15.4 Å². The molecule has 0 radical (unpaired) electrons. The number of aliphatic hydroxyl groups excluding tert-OH is 2. The number of hydrogen-bond donors (Lipinski definition) is 4. The Bertz CT molecular complexity index is 873. The highest BCUT2D eigenvalue weighted by atomic mass is 16.5. The first-order valence-corrected chi connectivity index (χ1v) is 9.40. The van der Waals surface area contributed by atoms with Crippen molar-refractivity contribution in [3.8, 4) is 5.75 Å². The molecule has 2 aromatic carbocycles. The van der Waals surface area contributed by atoms with Crippen molar-refractivity contribution < 1.29 is 19.7 Å². The minimum atomic E-state index is -0.738. The molecule has 1 aliphatic rings. The molecular weight excluding hydrogens is 356 g/mol. The molecule has 0 fully saturated rings. The molecule has 0 aromatic heterocycles. The summed E-state index contributed by atoms with van der Waals surface area (Å²) in [5.41, 5.74) is 3.80. The Hall–Kier alpha value is -2.57. The number of urea groups is 1. The number of amides is 2. The molecule has 4 N–H and O–H groups in total. The van der Waals surface area contributed by atoms with Crippen molar-refractivity contribution in [3.63, 3.8) is 0 Å². The van der Waals surface area contributed by atoms with E-state index in [1.807, 2.05) is 36.4 Å². The average molecular weight is 384 g/mol. The predicted molar refractivity (Wildman–Crippen MR) is 109 cm³/mol. The molecule has 6 nitrogen and oxygen atoms in total. The lowest BCUT2D eigenvalue weighted by molar-refractivity contribution is 0.145. The van der Waals surface area contributed by atoms with Gasteiger partial charge in [-0.05, 0) is 40.7 Å². The summed E-state index contributed by atoms with van der Waals surface area (Å²) in [4.78, 5) is 12.6. The van der Waals surface area contributed by atoms with Gasteiger partial charge >= 0.3 is 6.03 Å². The van der Waals surface area contributed by atoms with Crippen LogP contribution in [-0.2, 0) is 18.4 Å². The molecule has 1 aliphatic carbocycles. The van der Waals surface area contributed by atoms with Crippen molar-refractivity contribution in [2.45, 2.75) is 51.4 Å². The summed E-state index contributed by atoms with van der Waals surface area (Å²) in [5, 5.41) is 25.9. The fourth-order valence-electron chi connectivity index (χ4n) is 3.60. The van der Waals surface area contributed by atoms with Gasteiger partial charge in [-0.2, -0.15) is 0 Å². The Morgan fingerprint density at radius 1 is 1.25 bits per heavy atom. The summed E-state index contributed by atoms with van der Waals surface area (Å²) >= 11 is 0. The topological polar surface area (TPSA) is 90.8 Å². The van der Waals surface area contributed by atoms with E-state index in [0.717, 1.165) is 16.7 Å². The lowest BCUT2D eigenvalue weighted by atomic mass is 9.85. The van der Waals surface area contributed by atoms with Crippen molar-refractivity contribution in [2.24, 2.45) is 0 Å². The zero-order valence-corrected chi connectivity index (χ0v) is 16.7. The maximum absolute atomic E-state index is 12.6. The van der Waals surface area contributed by atoms with Crippen LogP contribution in [0.25, 0.3) is 0 Å². The summed E-state index contributed by atoms with van der Waals surface area (Å²) in [5.74, 6) is 0.431. The molecular formula is C22H28N2O4. The Balaban J connectivity index is 1.80. The van der Waals surface area contributed by atoms with E-state index in [-0.39, 0.29) is 12.0 Å². The van der Waals surface area contributed by atoms with Crippen LogP contribution in [-0.4, -0.2) is 29.4 Å². The van der Waals surface area contributed by atoms with Crippen LogP contribution >= 0.6 is 0 Å². The van der Waals surface area contributed by atoms with E-state index in [1.165, 1.54) is 7.11 Å². The molecule has 0 bridgehead atoms. The van der Waals surface area contributed by atoms with E-state index in [2.05, 4.69) is 31.4 Å². The zero-order chi connectivity index (χ0) is 20.5. The van der Waals surface area contributed by atoms with Crippen LogP contribution in [0, 0.1) is 0 Å². The summed E-state index contributed by atoms with van der Waals surface area (Å²) in [6.45, 7) is 5.99. The highest BCUT2D eigenvalue weighted by Gasteiger charge is 2.32. The number of anilines is 1. The molecule has 0 saturated carbocycles. The fraction of sp³-hybridized carbons (Fsp3) is 0.409. The SMILES string of the molecule is COc1c(CO)cc(C(C)(C)C)cc1NC(=O)N[C@@H]1Cc2ccccc2[C@H]1O. The van der Waals surface area contributed by atoms with Crippen LogP contribution in [0.3, 0.4) is 0 Å². The van der Waals surface area contributed by atoms with E-state index in [4.69, 9.17) is 4.74 Å². The maximum atomic E-state index is 12.6. The van der Waals surface area contributed by atoms with Crippen LogP contribution in [0.1, 0.15) is 49.1 Å². The highest BCUT2D eigenvalue weighted by molar-refractivity contribution is 5.92. The molecule has 28 heavy (non-hydrogen) atoms. The fourth-order valence-corrected chi connectivity index (χ4v) is 3.60. The van der Waals surface area contributed by atoms with Crippen LogP contribution in [0.4, 0.5) is 10.5 Å². The number of fused-ring (bicyclic) bond motifs is 1. The standard InChI is InChI=1S/C22H28N2O4/c1-22(2,3)15-9-14(12-25)20(28-4)18(11-15)24-21(27)23-17-10-13-7-5-6-8-16(13)19(17)26/h5-9,11,17,19,25-26H,10,12H2,1-4H3,(H2,23,24,27)/t17-,19-/m1/s1. The van der Waals surface area contributed by atoms with Gasteiger partial charge < -0.3 is 25.6 Å². The number of carbonyl (C=O) groups is 1. The molecule has 0 spiro atoms. The number of methoxy groups -OCH3 is 1. The van der Waals surface area contributed by atoms with Crippen molar-refractivity contribution in [2.75, 3.05) is 12.4 Å². The minimum Gasteiger partial charge on any atom is -0.494 e. The molecule has 2 amide bonds. The Labute approximate surface area is 165 Å². The predicted octanol–water partition coefficient (Wildman–Crippen LogP) is 3.26. The van der Waals surface area contributed by atoms with Crippen LogP contribution in [0.5, 0.6) is 5.75 Å². The zero-order valence-electron chi connectivity index (χ0n) is 16.7. The Kier molecular flexibility index (Phi) is 5.63. The highest BCUT2D eigenvalue weighted by Crippen LogP contribution is 2.36. The number of aliphatic hydroxyl groups is 2. The normalized spacial score (nSPS) is 18.5. The van der Waals surface area contributed by atoms with Crippen LogP contribution in [0.2, 0.25) is 0 Å². The quantitative estimate of drug-likeness (QED) is 0.651. The second-order valence-corrected chi connectivity index (χ2v) is 8.18. The average Bonchev–Trinajstić information content (AvgIpc) is 2.96. The molecule has 150 valence electrons. The van der Waals surface area contributed by atoms with Crippen molar-refractivity contribution in [3.05, 3.63) is 58.7 Å². The van der Waals surface area contributed by atoms with Gasteiger partial charge in [-0.3, -0.25) is 0 Å². The third kappa shape index (κ3) is 3.98. The van der Waals surface area contributed by atoms with Gasteiger partial charge in [0.25, 0.3) is 0 Å². The second-order valence-electron chi connectivity index (χ2n) is 8.18. The molecule has 0 unspecified atom stereocenters. The molecule has 0 saturated heterocycles. The first kappa shape index (κ1) is 20.2. The van der Waals surface area contributed by atoms with Gasteiger partial charge in [0.05, 0.1) is 31.5 Å². The second kappa shape index (κ2) is 7.81. The Morgan fingerprint density at radius 2 is 1.96 bits per heavy atom. The lowest BCUT2D eigenvalue weighted by Gasteiger charge is -2.24. The maximum Gasteiger partial charge on any atom is 0.319 e. The van der Waals surface area contributed by atoms with Gasteiger partial charge in [-0.1, -0.05) is 45.0 Å². The van der Waals surface area contributed by atoms with E-state index in [1.54, 1.807) is 0 Å². The minimum absolute atomic E-state index is 0.160. The number of carbonyl (C=O) groups excluding carboxylic acids is 1. The van der Waals surface area contributed by atoms with E-state index in [0.29, 0.717) is 23.4 Å². The van der Waals surface area contributed by atoms with E-state index >= 15 is 0 Å². The first-order chi connectivity index (χ1) is 13.2. The largest absolute Gasteiger partial charge is 0.494 e. The summed E-state index contributed by atoms with van der Waals surface area (Å²) in [7, 11) is 1.51. The molecule has 0 aliphatic heterocycles. The van der Waals surface area contributed by atoms with Crippen molar-refractivity contribution in [1.29, 1.82) is 0 Å². The third-order valence-electron chi connectivity index (χ3n) is 5.17. The number of hydrogen-bond acceptors (Lipinski definition) is 4. The van der Waals surface area contributed by atoms with Crippen molar-refractivity contribution >= 4 is 11.7 Å². The molecule has 2 atom stereocenters. The monoisotopic (exact) mass is 384 g/mol. The van der Waals surface area contributed by atoms with Crippen molar-refractivity contribution in [1.82, 2.24) is 5.32 Å². The molecule has 6 heteroatoms. The summed E-state index contributed by atoms with van der Waals surface area (Å²) in [6.07, 6.45) is -0.163. The number of ether oxygens (including phenoxy) is 1. The van der Waals surface area contributed by atoms with Gasteiger partial charge in [-0.25, -0.2) is 4.79 Å². The van der Waals surface area contributed by atoms with Gasteiger partial charge in [0.2, 0.25) is 0 Å². The Morgan fingerprint density at radius 3 is 2.57 bits per heavy atom. The summed E-state index contributed by atoms with van der Waals surface area (Å²) < 4.78 is 5.43. The number of nitrogens with one attached hydrogen (secondary N) is 2. The third-order valence-corrected chi connectivity index (χ3v) is 5.17. The van der Waals surface area contributed by atoms with Crippen LogP contribution in [0.15, 0.2) is 36.4 Å². The van der Waals surface area contributed by atoms with E-state index < -0.39 is 18.2 Å². The smallest absolute Gasteiger partial charge is 0.319 e. The van der Waals surface area contributed by atoms with Gasteiger partial charge in [-0.15, -0.1) is 0 Å². The van der Waals surface area contributed by atoms with Gasteiger partial charge in [0.1, 0.15) is 5.75 Å². The molecule has 3 rings (SSSR count).